The lowest BCUT2D eigenvalue weighted by atomic mass is 9.90. The van der Waals surface area contributed by atoms with Gasteiger partial charge in [-0.25, -0.2) is 0 Å². The zero-order valence-electron chi connectivity index (χ0n) is 12.6. The highest BCUT2D eigenvalue weighted by Crippen LogP contribution is 2.27. The van der Waals surface area contributed by atoms with Gasteiger partial charge in [-0.3, -0.25) is 4.90 Å². The summed E-state index contributed by atoms with van der Waals surface area (Å²) in [5.74, 6) is 0.140. The highest BCUT2D eigenvalue weighted by atomic mass is 16.4. The molecule has 1 saturated carbocycles. The van der Waals surface area contributed by atoms with Gasteiger partial charge in [0.25, 0.3) is 0 Å². The van der Waals surface area contributed by atoms with Crippen molar-refractivity contribution in [3.63, 3.8) is 0 Å². The Morgan fingerprint density at radius 2 is 2.19 bits per heavy atom. The number of rotatable bonds is 7. The molecule has 21 heavy (non-hydrogen) atoms. The second-order valence-electron chi connectivity index (χ2n) is 5.76. The molecular weight excluding hydrogens is 266 g/mol. The van der Waals surface area contributed by atoms with Crippen LogP contribution in [0.3, 0.4) is 0 Å². The van der Waals surface area contributed by atoms with Crippen molar-refractivity contribution in [2.45, 2.75) is 45.2 Å². The summed E-state index contributed by atoms with van der Waals surface area (Å²) >= 11 is 0. The molecule has 0 bridgehead atoms. The van der Waals surface area contributed by atoms with Gasteiger partial charge in [-0.2, -0.15) is 0 Å². The van der Waals surface area contributed by atoms with Gasteiger partial charge < -0.3 is 16.0 Å². The minimum atomic E-state index is 0.140. The third-order valence-corrected chi connectivity index (χ3v) is 4.31. The molecule has 1 aromatic rings. The van der Waals surface area contributed by atoms with Crippen LogP contribution in [0.15, 0.2) is 23.4 Å². The van der Waals surface area contributed by atoms with E-state index in [9.17, 15) is 0 Å². The van der Waals surface area contributed by atoms with Gasteiger partial charge in [-0.1, -0.05) is 23.7 Å². The van der Waals surface area contributed by atoms with E-state index in [4.69, 9.17) is 16.0 Å². The zero-order chi connectivity index (χ0) is 15.2. The lowest BCUT2D eigenvalue weighted by Gasteiger charge is -2.38. The van der Waals surface area contributed by atoms with Gasteiger partial charge in [0.2, 0.25) is 0 Å². The Morgan fingerprint density at radius 1 is 1.43 bits per heavy atom. The molecule has 116 valence electrons. The second-order valence-corrected chi connectivity index (χ2v) is 5.76. The highest BCUT2D eigenvalue weighted by Gasteiger charge is 2.24. The number of aliphatic hydroxyl groups excluding tert-OH is 1. The van der Waals surface area contributed by atoms with Gasteiger partial charge in [0.15, 0.2) is 5.84 Å². The van der Waals surface area contributed by atoms with Gasteiger partial charge in [-0.05, 0) is 43.4 Å². The minimum absolute atomic E-state index is 0.140. The van der Waals surface area contributed by atoms with Gasteiger partial charge in [0, 0.05) is 31.3 Å². The summed E-state index contributed by atoms with van der Waals surface area (Å²) in [7, 11) is 0. The molecule has 1 fully saturated rings. The van der Waals surface area contributed by atoms with Crippen LogP contribution >= 0.6 is 0 Å². The smallest absolute Gasteiger partial charge is 0.170 e. The summed E-state index contributed by atoms with van der Waals surface area (Å²) in [6, 6.07) is 6.55. The van der Waals surface area contributed by atoms with Crippen LogP contribution in [-0.2, 0) is 6.54 Å². The molecule has 0 spiro atoms. The van der Waals surface area contributed by atoms with Gasteiger partial charge >= 0.3 is 0 Å². The zero-order valence-corrected chi connectivity index (χ0v) is 12.6. The molecule has 0 aliphatic heterocycles. The van der Waals surface area contributed by atoms with E-state index in [1.54, 1.807) is 0 Å². The third kappa shape index (κ3) is 3.95. The predicted molar refractivity (Wildman–Crippen MR) is 83.4 cm³/mol. The summed E-state index contributed by atoms with van der Waals surface area (Å²) < 4.78 is 0. The number of nitrogens with zero attached hydrogens (tertiary/aromatic N) is 2. The topological polar surface area (TPSA) is 82.1 Å². The monoisotopic (exact) mass is 291 g/mol. The first-order valence-corrected chi connectivity index (χ1v) is 7.58. The van der Waals surface area contributed by atoms with Crippen molar-refractivity contribution >= 4 is 5.84 Å². The molecule has 0 unspecified atom stereocenters. The molecule has 0 saturated heterocycles. The molecule has 0 heterocycles. The van der Waals surface area contributed by atoms with Crippen LogP contribution in [0.4, 0.5) is 0 Å². The fourth-order valence-electron chi connectivity index (χ4n) is 2.73. The number of hydrogen-bond donors (Lipinski definition) is 3. The molecule has 4 N–H and O–H groups in total. The molecule has 1 aromatic carbocycles. The average molecular weight is 291 g/mol. The molecule has 5 heteroatoms. The van der Waals surface area contributed by atoms with E-state index in [0.717, 1.165) is 30.6 Å². The molecule has 0 aromatic heterocycles. The van der Waals surface area contributed by atoms with E-state index in [2.05, 4.69) is 17.0 Å². The maximum absolute atomic E-state index is 9.06. The Bertz CT molecular complexity index is 498. The van der Waals surface area contributed by atoms with Crippen LogP contribution in [0.2, 0.25) is 0 Å². The number of aryl methyl sites for hydroxylation is 1. The predicted octanol–water partition coefficient (Wildman–Crippen LogP) is 1.83. The number of oxime groups is 1. The molecule has 5 nitrogen and oxygen atoms in total. The SMILES string of the molecule is Cc1cc(/C(N)=N/O)ccc1CN(CCCO)C1CCC1. The fourth-order valence-corrected chi connectivity index (χ4v) is 2.73. The first-order chi connectivity index (χ1) is 10.2. The van der Waals surface area contributed by atoms with Crippen LogP contribution in [0, 0.1) is 6.92 Å². The van der Waals surface area contributed by atoms with Crippen molar-refractivity contribution in [1.29, 1.82) is 0 Å². The van der Waals surface area contributed by atoms with E-state index in [1.807, 2.05) is 18.2 Å². The lowest BCUT2D eigenvalue weighted by Crippen LogP contribution is -2.40. The summed E-state index contributed by atoms with van der Waals surface area (Å²) in [4.78, 5) is 2.46. The van der Waals surface area contributed by atoms with E-state index >= 15 is 0 Å². The van der Waals surface area contributed by atoms with Crippen molar-refractivity contribution in [2.75, 3.05) is 13.2 Å². The first kappa shape index (κ1) is 15.8. The normalized spacial score (nSPS) is 16.2. The average Bonchev–Trinajstić information content (AvgIpc) is 2.43. The number of nitrogens with two attached hydrogens (primary N) is 1. The molecule has 2 rings (SSSR count). The Hall–Kier alpha value is -1.59. The van der Waals surface area contributed by atoms with Crippen molar-refractivity contribution < 1.29 is 10.3 Å². The maximum Gasteiger partial charge on any atom is 0.170 e. The van der Waals surface area contributed by atoms with Crippen molar-refractivity contribution in [1.82, 2.24) is 4.90 Å². The number of aliphatic hydroxyl groups is 1. The Balaban J connectivity index is 2.09. The van der Waals surface area contributed by atoms with E-state index < -0.39 is 0 Å². The third-order valence-electron chi connectivity index (χ3n) is 4.31. The second kappa shape index (κ2) is 7.43. The quantitative estimate of drug-likeness (QED) is 0.310. The molecule has 1 aliphatic carbocycles. The van der Waals surface area contributed by atoms with E-state index in [-0.39, 0.29) is 12.4 Å². The molecule has 0 amide bonds. The maximum atomic E-state index is 9.06. The number of hydrogen-bond acceptors (Lipinski definition) is 4. The van der Waals surface area contributed by atoms with Gasteiger partial charge in [-0.15, -0.1) is 0 Å². The molecular formula is C16H25N3O2. The lowest BCUT2D eigenvalue weighted by molar-refractivity contribution is 0.109. The Labute approximate surface area is 126 Å². The van der Waals surface area contributed by atoms with Crippen molar-refractivity contribution in [2.24, 2.45) is 10.9 Å². The molecule has 0 radical (unpaired) electrons. The van der Waals surface area contributed by atoms with E-state index in [0.29, 0.717) is 6.04 Å². The Kier molecular flexibility index (Phi) is 5.59. The summed E-state index contributed by atoms with van der Waals surface area (Å²) in [5, 5.41) is 20.8. The summed E-state index contributed by atoms with van der Waals surface area (Å²) in [6.45, 7) is 4.12. The summed E-state index contributed by atoms with van der Waals surface area (Å²) in [6.07, 6.45) is 4.64. The highest BCUT2D eigenvalue weighted by molar-refractivity contribution is 5.97. The molecule has 0 atom stereocenters. The Morgan fingerprint density at radius 3 is 2.71 bits per heavy atom. The van der Waals surface area contributed by atoms with Gasteiger partial charge in [0.1, 0.15) is 0 Å². The van der Waals surface area contributed by atoms with Crippen LogP contribution in [-0.4, -0.2) is 40.2 Å². The fraction of sp³-hybridized carbons (Fsp3) is 0.562. The standard InChI is InChI=1S/C16H25N3O2/c1-12-10-13(16(17)18-21)6-7-14(12)11-19(8-3-9-20)15-4-2-5-15/h6-7,10,15,20-21H,2-5,8-9,11H2,1H3,(H2,17,18). The number of amidine groups is 1. The van der Waals surface area contributed by atoms with Crippen LogP contribution in [0.25, 0.3) is 0 Å². The molecule has 1 aliphatic rings. The van der Waals surface area contributed by atoms with Crippen LogP contribution < -0.4 is 5.73 Å². The minimum Gasteiger partial charge on any atom is -0.409 e. The van der Waals surface area contributed by atoms with Crippen LogP contribution in [0.5, 0.6) is 0 Å². The van der Waals surface area contributed by atoms with E-state index in [1.165, 1.54) is 24.8 Å². The van der Waals surface area contributed by atoms with Crippen molar-refractivity contribution in [3.05, 3.63) is 34.9 Å². The number of benzene rings is 1. The summed E-state index contributed by atoms with van der Waals surface area (Å²) in [5.41, 5.74) is 8.77. The van der Waals surface area contributed by atoms with Gasteiger partial charge in [0.05, 0.1) is 0 Å². The van der Waals surface area contributed by atoms with Crippen LogP contribution in [0.1, 0.15) is 42.4 Å². The largest absolute Gasteiger partial charge is 0.409 e. The first-order valence-electron chi connectivity index (χ1n) is 7.58. The van der Waals surface area contributed by atoms with Crippen molar-refractivity contribution in [3.8, 4) is 0 Å².